The lowest BCUT2D eigenvalue weighted by atomic mass is 10.2. The van der Waals surface area contributed by atoms with Gasteiger partial charge in [0.2, 0.25) is 0 Å². The SMILES string of the molecule is Clc1ccc(Cn2cccc2)cc1. The van der Waals surface area contributed by atoms with Crippen molar-refractivity contribution in [2.24, 2.45) is 0 Å². The van der Waals surface area contributed by atoms with Crippen molar-refractivity contribution in [2.75, 3.05) is 0 Å². The van der Waals surface area contributed by atoms with Gasteiger partial charge in [0.25, 0.3) is 0 Å². The highest BCUT2D eigenvalue weighted by atomic mass is 35.5. The Hall–Kier alpha value is -1.21. The molecule has 66 valence electrons. The Balaban J connectivity index is 2.15. The van der Waals surface area contributed by atoms with Gasteiger partial charge in [0.1, 0.15) is 0 Å². The van der Waals surface area contributed by atoms with Gasteiger partial charge in [-0.15, -0.1) is 0 Å². The quantitative estimate of drug-likeness (QED) is 0.687. The minimum Gasteiger partial charge on any atom is -0.350 e. The Bertz CT molecular complexity index is 361. The van der Waals surface area contributed by atoms with Crippen LogP contribution in [0.2, 0.25) is 5.02 Å². The van der Waals surface area contributed by atoms with Crippen molar-refractivity contribution in [3.05, 3.63) is 59.4 Å². The van der Waals surface area contributed by atoms with Crippen molar-refractivity contribution in [3.63, 3.8) is 0 Å². The topological polar surface area (TPSA) is 4.93 Å². The van der Waals surface area contributed by atoms with Gasteiger partial charge >= 0.3 is 0 Å². The fraction of sp³-hybridized carbons (Fsp3) is 0.0909. The van der Waals surface area contributed by atoms with E-state index in [4.69, 9.17) is 11.6 Å². The zero-order valence-electron chi connectivity index (χ0n) is 7.15. The summed E-state index contributed by atoms with van der Waals surface area (Å²) in [7, 11) is 0. The predicted molar refractivity (Wildman–Crippen MR) is 55.0 cm³/mol. The van der Waals surface area contributed by atoms with Crippen LogP contribution in [0.4, 0.5) is 0 Å². The van der Waals surface area contributed by atoms with Crippen molar-refractivity contribution in [2.45, 2.75) is 6.54 Å². The average molecular weight is 192 g/mol. The lowest BCUT2D eigenvalue weighted by Gasteiger charge is -2.02. The smallest absolute Gasteiger partial charge is 0.0470 e. The first-order valence-electron chi connectivity index (χ1n) is 4.20. The molecule has 1 heterocycles. The van der Waals surface area contributed by atoms with Gasteiger partial charge in [0.05, 0.1) is 0 Å². The second kappa shape index (κ2) is 3.67. The molecule has 0 spiro atoms. The van der Waals surface area contributed by atoms with E-state index in [2.05, 4.69) is 17.0 Å². The maximum Gasteiger partial charge on any atom is 0.0470 e. The molecule has 1 nitrogen and oxygen atoms in total. The van der Waals surface area contributed by atoms with Gasteiger partial charge in [-0.1, -0.05) is 23.7 Å². The summed E-state index contributed by atoms with van der Waals surface area (Å²) in [4.78, 5) is 0. The highest BCUT2D eigenvalue weighted by Gasteiger charge is 1.93. The van der Waals surface area contributed by atoms with Crippen LogP contribution in [0.3, 0.4) is 0 Å². The Kier molecular flexibility index (Phi) is 2.37. The first-order valence-corrected chi connectivity index (χ1v) is 4.57. The van der Waals surface area contributed by atoms with Gasteiger partial charge in [-0.05, 0) is 29.8 Å². The van der Waals surface area contributed by atoms with E-state index in [0.717, 1.165) is 11.6 Å². The zero-order chi connectivity index (χ0) is 9.10. The summed E-state index contributed by atoms with van der Waals surface area (Å²) in [6.07, 6.45) is 4.10. The number of halogens is 1. The van der Waals surface area contributed by atoms with Crippen molar-refractivity contribution >= 4 is 11.6 Å². The lowest BCUT2D eigenvalue weighted by molar-refractivity contribution is 0.806. The maximum absolute atomic E-state index is 5.79. The number of rotatable bonds is 2. The molecule has 0 radical (unpaired) electrons. The fourth-order valence-corrected chi connectivity index (χ4v) is 1.40. The van der Waals surface area contributed by atoms with Crippen LogP contribution in [-0.2, 0) is 6.54 Å². The first kappa shape index (κ1) is 8.39. The van der Waals surface area contributed by atoms with Crippen LogP contribution in [-0.4, -0.2) is 4.57 Å². The molecule has 1 aromatic heterocycles. The molecule has 2 heteroatoms. The van der Waals surface area contributed by atoms with Crippen molar-refractivity contribution in [1.29, 1.82) is 0 Å². The molecule has 0 N–H and O–H groups in total. The molecule has 2 rings (SSSR count). The third kappa shape index (κ3) is 2.13. The van der Waals surface area contributed by atoms with Gasteiger partial charge in [0.15, 0.2) is 0 Å². The second-order valence-electron chi connectivity index (χ2n) is 2.98. The lowest BCUT2D eigenvalue weighted by Crippen LogP contribution is -1.94. The maximum atomic E-state index is 5.79. The summed E-state index contributed by atoms with van der Waals surface area (Å²) in [5, 5.41) is 0.788. The summed E-state index contributed by atoms with van der Waals surface area (Å²) < 4.78 is 2.13. The van der Waals surface area contributed by atoms with E-state index in [0.29, 0.717) is 0 Å². The van der Waals surface area contributed by atoms with Gasteiger partial charge in [-0.3, -0.25) is 0 Å². The van der Waals surface area contributed by atoms with Gasteiger partial charge in [0, 0.05) is 24.0 Å². The van der Waals surface area contributed by atoms with Crippen LogP contribution in [0, 0.1) is 0 Å². The van der Waals surface area contributed by atoms with Crippen LogP contribution >= 0.6 is 11.6 Å². The number of hydrogen-bond acceptors (Lipinski definition) is 0. The summed E-state index contributed by atoms with van der Waals surface area (Å²) in [5.74, 6) is 0. The first-order chi connectivity index (χ1) is 6.34. The standard InChI is InChI=1S/C11H10ClN/c12-11-5-3-10(4-6-11)9-13-7-1-2-8-13/h1-8H,9H2. The summed E-state index contributed by atoms with van der Waals surface area (Å²) in [6, 6.07) is 12.0. The van der Waals surface area contributed by atoms with Crippen molar-refractivity contribution < 1.29 is 0 Å². The molecule has 0 amide bonds. The molecule has 0 unspecified atom stereocenters. The van der Waals surface area contributed by atoms with Crippen LogP contribution in [0.1, 0.15) is 5.56 Å². The molecule has 0 saturated carbocycles. The molecule has 0 aliphatic rings. The molecule has 0 bridgehead atoms. The van der Waals surface area contributed by atoms with Gasteiger partial charge in [-0.25, -0.2) is 0 Å². The van der Waals surface area contributed by atoms with E-state index in [1.54, 1.807) is 0 Å². The predicted octanol–water partition coefficient (Wildman–Crippen LogP) is 3.19. The Morgan fingerprint density at radius 2 is 1.62 bits per heavy atom. The largest absolute Gasteiger partial charge is 0.350 e. The molecule has 0 fully saturated rings. The number of aromatic nitrogens is 1. The Morgan fingerprint density at radius 1 is 1.00 bits per heavy atom. The monoisotopic (exact) mass is 191 g/mol. The van der Waals surface area contributed by atoms with E-state index in [9.17, 15) is 0 Å². The van der Waals surface area contributed by atoms with Gasteiger partial charge < -0.3 is 4.57 Å². The minimum atomic E-state index is 0.788. The summed E-state index contributed by atoms with van der Waals surface area (Å²) in [5.41, 5.74) is 1.26. The highest BCUT2D eigenvalue weighted by Crippen LogP contribution is 2.10. The van der Waals surface area contributed by atoms with E-state index >= 15 is 0 Å². The summed E-state index contributed by atoms with van der Waals surface area (Å²) in [6.45, 7) is 0.907. The molecule has 0 aliphatic carbocycles. The average Bonchev–Trinajstić information content (AvgIpc) is 2.62. The molecular weight excluding hydrogens is 182 g/mol. The van der Waals surface area contributed by atoms with Crippen molar-refractivity contribution in [1.82, 2.24) is 4.57 Å². The van der Waals surface area contributed by atoms with E-state index in [1.807, 2.05) is 36.4 Å². The number of nitrogens with zero attached hydrogens (tertiary/aromatic N) is 1. The Labute approximate surface area is 82.6 Å². The minimum absolute atomic E-state index is 0.788. The molecular formula is C11H10ClN. The molecule has 0 aliphatic heterocycles. The third-order valence-corrected chi connectivity index (χ3v) is 2.20. The fourth-order valence-electron chi connectivity index (χ4n) is 1.28. The number of hydrogen-bond donors (Lipinski definition) is 0. The van der Waals surface area contributed by atoms with Gasteiger partial charge in [-0.2, -0.15) is 0 Å². The van der Waals surface area contributed by atoms with E-state index < -0.39 is 0 Å². The summed E-state index contributed by atoms with van der Waals surface area (Å²) >= 11 is 5.79. The van der Waals surface area contributed by atoms with Crippen LogP contribution in [0.25, 0.3) is 0 Å². The van der Waals surface area contributed by atoms with Crippen LogP contribution in [0.15, 0.2) is 48.8 Å². The zero-order valence-corrected chi connectivity index (χ0v) is 7.91. The highest BCUT2D eigenvalue weighted by molar-refractivity contribution is 6.30. The van der Waals surface area contributed by atoms with E-state index in [-0.39, 0.29) is 0 Å². The van der Waals surface area contributed by atoms with E-state index in [1.165, 1.54) is 5.56 Å². The van der Waals surface area contributed by atoms with Crippen molar-refractivity contribution in [3.8, 4) is 0 Å². The molecule has 1 aromatic carbocycles. The number of benzene rings is 1. The molecule has 13 heavy (non-hydrogen) atoms. The second-order valence-corrected chi connectivity index (χ2v) is 3.42. The normalized spacial score (nSPS) is 10.2. The molecule has 0 saturated heterocycles. The van der Waals surface area contributed by atoms with Crippen LogP contribution in [0.5, 0.6) is 0 Å². The Morgan fingerprint density at radius 3 is 2.23 bits per heavy atom. The third-order valence-electron chi connectivity index (χ3n) is 1.94. The molecule has 0 atom stereocenters. The molecule has 2 aromatic rings. The van der Waals surface area contributed by atoms with Crippen LogP contribution < -0.4 is 0 Å².